The number of rotatable bonds is 10. The van der Waals surface area contributed by atoms with Gasteiger partial charge in [-0.25, -0.2) is 0 Å². The number of ether oxygens (including phenoxy) is 3. The molecule has 0 aliphatic heterocycles. The maximum atomic E-state index is 12.0. The quantitative estimate of drug-likeness (QED) is 0.457. The number of methoxy groups -OCH3 is 2. The van der Waals surface area contributed by atoms with Gasteiger partial charge < -0.3 is 24.8 Å². The van der Waals surface area contributed by atoms with Crippen LogP contribution in [0.15, 0.2) is 42.5 Å². The maximum absolute atomic E-state index is 12.0. The summed E-state index contributed by atoms with van der Waals surface area (Å²) in [5, 5.41) is 6.07. The SMILES string of the molecule is COc1ccc(CCNC(=S)NC(=O)CCCOc2ccc(C)cc2)cc1OC. The lowest BCUT2D eigenvalue weighted by Crippen LogP contribution is -2.40. The average molecular weight is 417 g/mol. The number of benzene rings is 2. The van der Waals surface area contributed by atoms with Gasteiger partial charge in [-0.05, 0) is 61.8 Å². The van der Waals surface area contributed by atoms with Crippen molar-refractivity contribution >= 4 is 23.2 Å². The van der Waals surface area contributed by atoms with Crippen molar-refractivity contribution in [3.8, 4) is 17.2 Å². The standard InChI is InChI=1S/C22H28N2O4S/c1-16-6-9-18(10-7-16)28-14-4-5-21(25)24-22(29)23-13-12-17-8-11-19(26-2)20(15-17)27-3/h6-11,15H,4-5,12-14H2,1-3H3,(H2,23,24,25,29). The summed E-state index contributed by atoms with van der Waals surface area (Å²) in [7, 11) is 3.21. The van der Waals surface area contributed by atoms with Gasteiger partial charge in [-0.15, -0.1) is 0 Å². The van der Waals surface area contributed by atoms with Gasteiger partial charge in [0.2, 0.25) is 5.91 Å². The van der Waals surface area contributed by atoms with Crippen molar-refractivity contribution in [2.45, 2.75) is 26.2 Å². The second-order valence-corrected chi connectivity index (χ2v) is 6.92. The third-order valence-electron chi connectivity index (χ3n) is 4.24. The number of thiocarbonyl (C=S) groups is 1. The fourth-order valence-electron chi connectivity index (χ4n) is 2.65. The van der Waals surface area contributed by atoms with Crippen molar-refractivity contribution in [1.82, 2.24) is 10.6 Å². The average Bonchev–Trinajstić information content (AvgIpc) is 2.72. The Hall–Kier alpha value is -2.80. The van der Waals surface area contributed by atoms with Gasteiger partial charge in [0, 0.05) is 13.0 Å². The Kier molecular flexibility index (Phi) is 9.24. The molecule has 6 nitrogen and oxygen atoms in total. The topological polar surface area (TPSA) is 68.8 Å². The van der Waals surface area contributed by atoms with Crippen molar-refractivity contribution in [3.05, 3.63) is 53.6 Å². The minimum absolute atomic E-state index is 0.124. The molecule has 2 aromatic carbocycles. The number of aryl methyl sites for hydroxylation is 1. The first kappa shape index (κ1) is 22.5. The molecular formula is C22H28N2O4S. The summed E-state index contributed by atoms with van der Waals surface area (Å²) < 4.78 is 16.1. The molecule has 0 heterocycles. The van der Waals surface area contributed by atoms with Crippen molar-refractivity contribution < 1.29 is 19.0 Å². The molecule has 1 amide bonds. The molecule has 7 heteroatoms. The van der Waals surface area contributed by atoms with Crippen molar-refractivity contribution in [3.63, 3.8) is 0 Å². The van der Waals surface area contributed by atoms with Crippen LogP contribution in [-0.2, 0) is 11.2 Å². The minimum atomic E-state index is -0.124. The zero-order valence-electron chi connectivity index (χ0n) is 17.1. The van der Waals surface area contributed by atoms with Gasteiger partial charge in [-0.1, -0.05) is 23.8 Å². The van der Waals surface area contributed by atoms with Crippen LogP contribution in [0, 0.1) is 6.92 Å². The van der Waals surface area contributed by atoms with Crippen LogP contribution in [-0.4, -0.2) is 38.4 Å². The van der Waals surface area contributed by atoms with E-state index in [1.165, 1.54) is 5.56 Å². The van der Waals surface area contributed by atoms with E-state index in [9.17, 15) is 4.79 Å². The molecule has 0 saturated heterocycles. The van der Waals surface area contributed by atoms with Gasteiger partial charge >= 0.3 is 0 Å². The Morgan fingerprint density at radius 2 is 1.76 bits per heavy atom. The Morgan fingerprint density at radius 1 is 1.03 bits per heavy atom. The van der Waals surface area contributed by atoms with Gasteiger partial charge in [-0.3, -0.25) is 4.79 Å². The zero-order chi connectivity index (χ0) is 21.1. The summed E-state index contributed by atoms with van der Waals surface area (Å²) in [5.74, 6) is 2.07. The summed E-state index contributed by atoms with van der Waals surface area (Å²) in [6.07, 6.45) is 1.71. The molecule has 2 N–H and O–H groups in total. The molecule has 0 unspecified atom stereocenters. The lowest BCUT2D eigenvalue weighted by atomic mass is 10.1. The van der Waals surface area contributed by atoms with E-state index in [1.807, 2.05) is 49.4 Å². The van der Waals surface area contributed by atoms with E-state index in [2.05, 4.69) is 10.6 Å². The van der Waals surface area contributed by atoms with E-state index in [0.29, 0.717) is 42.6 Å². The first-order valence-corrected chi connectivity index (χ1v) is 9.90. The largest absolute Gasteiger partial charge is 0.494 e. The van der Waals surface area contributed by atoms with Crippen molar-refractivity contribution in [2.75, 3.05) is 27.4 Å². The van der Waals surface area contributed by atoms with Gasteiger partial charge in [0.1, 0.15) is 5.75 Å². The maximum Gasteiger partial charge on any atom is 0.226 e. The van der Waals surface area contributed by atoms with Gasteiger partial charge in [0.25, 0.3) is 0 Å². The normalized spacial score (nSPS) is 10.2. The molecule has 2 rings (SSSR count). The zero-order valence-corrected chi connectivity index (χ0v) is 17.9. The molecule has 0 spiro atoms. The highest BCUT2D eigenvalue weighted by Crippen LogP contribution is 2.27. The molecule has 0 bridgehead atoms. The Labute approximate surface area is 177 Å². The van der Waals surface area contributed by atoms with Crippen LogP contribution in [0.25, 0.3) is 0 Å². The number of nitrogens with one attached hydrogen (secondary N) is 2. The minimum Gasteiger partial charge on any atom is -0.494 e. The summed E-state index contributed by atoms with van der Waals surface area (Å²) in [6.45, 7) is 3.11. The number of hydrogen-bond donors (Lipinski definition) is 2. The fourth-order valence-corrected chi connectivity index (χ4v) is 2.86. The van der Waals surface area contributed by atoms with E-state index in [1.54, 1.807) is 14.2 Å². The lowest BCUT2D eigenvalue weighted by Gasteiger charge is -2.12. The highest BCUT2D eigenvalue weighted by molar-refractivity contribution is 7.80. The van der Waals surface area contributed by atoms with Gasteiger partial charge in [0.05, 0.1) is 20.8 Å². The van der Waals surface area contributed by atoms with Gasteiger partial charge in [-0.2, -0.15) is 0 Å². The smallest absolute Gasteiger partial charge is 0.226 e. The van der Waals surface area contributed by atoms with Crippen LogP contribution in [0.4, 0.5) is 0 Å². The highest BCUT2D eigenvalue weighted by Gasteiger charge is 2.07. The summed E-state index contributed by atoms with van der Waals surface area (Å²) in [4.78, 5) is 12.0. The van der Waals surface area contributed by atoms with Crippen LogP contribution in [0.5, 0.6) is 17.2 Å². The molecule has 0 saturated carbocycles. The number of carbonyl (C=O) groups excluding carboxylic acids is 1. The number of amides is 1. The van der Waals surface area contributed by atoms with Crippen LogP contribution >= 0.6 is 12.2 Å². The molecule has 156 valence electrons. The van der Waals surface area contributed by atoms with Crippen LogP contribution in [0.3, 0.4) is 0 Å². The molecular weight excluding hydrogens is 388 g/mol. The lowest BCUT2D eigenvalue weighted by molar-refractivity contribution is -0.119. The van der Waals surface area contributed by atoms with E-state index in [-0.39, 0.29) is 5.91 Å². The molecule has 0 aliphatic rings. The predicted molar refractivity (Wildman–Crippen MR) is 118 cm³/mol. The van der Waals surface area contributed by atoms with Crippen molar-refractivity contribution in [2.24, 2.45) is 0 Å². The Morgan fingerprint density at radius 3 is 2.45 bits per heavy atom. The monoisotopic (exact) mass is 416 g/mol. The van der Waals surface area contributed by atoms with Crippen LogP contribution < -0.4 is 24.8 Å². The summed E-state index contributed by atoms with van der Waals surface area (Å²) >= 11 is 5.18. The molecule has 0 aromatic heterocycles. The van der Waals surface area contributed by atoms with Crippen LogP contribution in [0.1, 0.15) is 24.0 Å². The van der Waals surface area contributed by atoms with Crippen molar-refractivity contribution in [1.29, 1.82) is 0 Å². The first-order chi connectivity index (χ1) is 14.0. The predicted octanol–water partition coefficient (Wildman–Crippen LogP) is 3.40. The fraction of sp³-hybridized carbons (Fsp3) is 0.364. The molecule has 0 radical (unpaired) electrons. The van der Waals surface area contributed by atoms with Crippen LogP contribution in [0.2, 0.25) is 0 Å². The molecule has 2 aromatic rings. The molecule has 0 fully saturated rings. The second kappa shape index (κ2) is 11.9. The third-order valence-corrected chi connectivity index (χ3v) is 4.48. The van der Waals surface area contributed by atoms with E-state index < -0.39 is 0 Å². The van der Waals surface area contributed by atoms with E-state index in [0.717, 1.165) is 17.7 Å². The van der Waals surface area contributed by atoms with E-state index in [4.69, 9.17) is 26.4 Å². The number of hydrogen-bond acceptors (Lipinski definition) is 5. The Bertz CT molecular complexity index is 809. The highest BCUT2D eigenvalue weighted by atomic mass is 32.1. The summed E-state index contributed by atoms with van der Waals surface area (Å²) in [6, 6.07) is 13.6. The second-order valence-electron chi connectivity index (χ2n) is 6.51. The summed E-state index contributed by atoms with van der Waals surface area (Å²) in [5.41, 5.74) is 2.27. The third kappa shape index (κ3) is 7.99. The molecule has 0 atom stereocenters. The molecule has 0 aliphatic carbocycles. The number of carbonyl (C=O) groups is 1. The molecule has 29 heavy (non-hydrogen) atoms. The Balaban J connectivity index is 1.62. The first-order valence-electron chi connectivity index (χ1n) is 9.50. The van der Waals surface area contributed by atoms with E-state index >= 15 is 0 Å². The van der Waals surface area contributed by atoms with Gasteiger partial charge in [0.15, 0.2) is 16.6 Å².